The fourth-order valence-electron chi connectivity index (χ4n) is 2.32. The van der Waals surface area contributed by atoms with E-state index < -0.39 is 9.84 Å². The van der Waals surface area contributed by atoms with Crippen LogP contribution in [0.2, 0.25) is 5.02 Å². The quantitative estimate of drug-likeness (QED) is 0.933. The van der Waals surface area contributed by atoms with Gasteiger partial charge in [-0.3, -0.25) is 4.79 Å². The molecule has 4 nitrogen and oxygen atoms in total. The zero-order chi connectivity index (χ0) is 13.9. The summed E-state index contributed by atoms with van der Waals surface area (Å²) in [4.78, 5) is 11.9. The van der Waals surface area contributed by atoms with Gasteiger partial charge < -0.3 is 5.32 Å². The highest BCUT2D eigenvalue weighted by Gasteiger charge is 2.26. The average molecular weight is 302 g/mol. The smallest absolute Gasteiger partial charge is 0.224 e. The molecule has 1 N–H and O–H groups in total. The summed E-state index contributed by atoms with van der Waals surface area (Å²) in [5.41, 5.74) is 0.635. The third-order valence-electron chi connectivity index (χ3n) is 3.14. The van der Waals surface area contributed by atoms with Crippen molar-refractivity contribution in [3.63, 3.8) is 0 Å². The van der Waals surface area contributed by atoms with Crippen molar-refractivity contribution in [2.45, 2.75) is 19.3 Å². The van der Waals surface area contributed by atoms with Crippen molar-refractivity contribution >= 4 is 33.0 Å². The summed E-state index contributed by atoms with van der Waals surface area (Å²) in [6.07, 6.45) is 1.69. The van der Waals surface area contributed by atoms with Crippen LogP contribution in [0.1, 0.15) is 19.3 Å². The van der Waals surface area contributed by atoms with Gasteiger partial charge >= 0.3 is 0 Å². The van der Waals surface area contributed by atoms with Crippen LogP contribution in [0, 0.1) is 5.92 Å². The maximum atomic E-state index is 11.9. The van der Waals surface area contributed by atoms with Gasteiger partial charge in [0, 0.05) is 17.1 Å². The lowest BCUT2D eigenvalue weighted by Crippen LogP contribution is -2.28. The molecule has 1 aromatic carbocycles. The van der Waals surface area contributed by atoms with Gasteiger partial charge in [0.2, 0.25) is 5.91 Å². The van der Waals surface area contributed by atoms with Crippen molar-refractivity contribution in [1.29, 1.82) is 0 Å². The van der Waals surface area contributed by atoms with Crippen molar-refractivity contribution in [2.24, 2.45) is 5.92 Å². The second kappa shape index (κ2) is 5.92. The Morgan fingerprint density at radius 2 is 2.21 bits per heavy atom. The number of amides is 1. The van der Waals surface area contributed by atoms with Crippen LogP contribution in [-0.2, 0) is 14.6 Å². The maximum absolute atomic E-state index is 11.9. The number of anilines is 1. The van der Waals surface area contributed by atoms with Crippen LogP contribution in [-0.4, -0.2) is 25.8 Å². The molecule has 1 aliphatic rings. The summed E-state index contributed by atoms with van der Waals surface area (Å²) < 4.78 is 23.0. The summed E-state index contributed by atoms with van der Waals surface area (Å²) in [7, 11) is -2.96. The predicted octanol–water partition coefficient (Wildman–Crippen LogP) is 2.49. The van der Waals surface area contributed by atoms with Crippen LogP contribution in [0.15, 0.2) is 24.3 Å². The number of nitrogens with one attached hydrogen (secondary N) is 1. The number of hydrogen-bond donors (Lipinski definition) is 1. The summed E-state index contributed by atoms with van der Waals surface area (Å²) in [5.74, 6) is 0.136. The van der Waals surface area contributed by atoms with Gasteiger partial charge in [0.1, 0.15) is 0 Å². The average Bonchev–Trinajstić information content (AvgIpc) is 2.27. The maximum Gasteiger partial charge on any atom is 0.224 e. The van der Waals surface area contributed by atoms with Crippen LogP contribution in [0.3, 0.4) is 0 Å². The predicted molar refractivity (Wildman–Crippen MR) is 76.1 cm³/mol. The van der Waals surface area contributed by atoms with Gasteiger partial charge in [0.25, 0.3) is 0 Å². The third kappa shape index (κ3) is 4.51. The Labute approximate surface area is 118 Å². The molecule has 0 saturated carbocycles. The van der Waals surface area contributed by atoms with Gasteiger partial charge in [0.05, 0.1) is 11.5 Å². The highest BCUT2D eigenvalue weighted by molar-refractivity contribution is 7.91. The molecule has 0 radical (unpaired) electrons. The van der Waals surface area contributed by atoms with E-state index in [9.17, 15) is 13.2 Å². The number of benzene rings is 1. The largest absolute Gasteiger partial charge is 0.326 e. The van der Waals surface area contributed by atoms with Crippen LogP contribution >= 0.6 is 11.6 Å². The zero-order valence-electron chi connectivity index (χ0n) is 10.4. The van der Waals surface area contributed by atoms with Gasteiger partial charge in [-0.15, -0.1) is 0 Å². The minimum absolute atomic E-state index is 0.0714. The van der Waals surface area contributed by atoms with Gasteiger partial charge in [-0.2, -0.15) is 0 Å². The fraction of sp³-hybridized carbons (Fsp3) is 0.462. The van der Waals surface area contributed by atoms with Gasteiger partial charge in [0.15, 0.2) is 9.84 Å². The molecular formula is C13H16ClNO3S. The highest BCUT2D eigenvalue weighted by Crippen LogP contribution is 2.22. The van der Waals surface area contributed by atoms with E-state index in [4.69, 9.17) is 11.6 Å². The van der Waals surface area contributed by atoms with Gasteiger partial charge in [-0.1, -0.05) is 17.7 Å². The molecule has 0 aromatic heterocycles. The minimum Gasteiger partial charge on any atom is -0.326 e. The Morgan fingerprint density at radius 1 is 1.42 bits per heavy atom. The first-order valence-electron chi connectivity index (χ1n) is 6.20. The molecule has 1 amide bonds. The molecule has 1 atom stereocenters. The van der Waals surface area contributed by atoms with E-state index in [1.165, 1.54) is 0 Å². The molecule has 0 bridgehead atoms. The van der Waals surface area contributed by atoms with E-state index in [0.717, 1.165) is 6.42 Å². The SMILES string of the molecule is O=C(CC1CCCS(=O)(=O)C1)Nc1cccc(Cl)c1. The van der Waals surface area contributed by atoms with Gasteiger partial charge in [-0.05, 0) is 37.0 Å². The Kier molecular flexibility index (Phi) is 4.47. The Morgan fingerprint density at radius 3 is 2.89 bits per heavy atom. The lowest BCUT2D eigenvalue weighted by molar-refractivity contribution is -0.117. The fourth-order valence-corrected chi connectivity index (χ4v) is 4.29. The first kappa shape index (κ1) is 14.3. The summed E-state index contributed by atoms with van der Waals surface area (Å²) in [6, 6.07) is 6.90. The van der Waals surface area contributed by atoms with E-state index in [0.29, 0.717) is 17.1 Å². The minimum atomic E-state index is -2.96. The van der Waals surface area contributed by atoms with E-state index >= 15 is 0 Å². The van der Waals surface area contributed by atoms with E-state index in [1.54, 1.807) is 24.3 Å². The number of halogens is 1. The van der Waals surface area contributed by atoms with Crippen LogP contribution in [0.4, 0.5) is 5.69 Å². The normalized spacial score (nSPS) is 21.8. The van der Waals surface area contributed by atoms with E-state index in [2.05, 4.69) is 5.32 Å². The van der Waals surface area contributed by atoms with E-state index in [-0.39, 0.29) is 29.8 Å². The van der Waals surface area contributed by atoms with Crippen molar-refractivity contribution in [2.75, 3.05) is 16.8 Å². The number of rotatable bonds is 3. The molecule has 0 spiro atoms. The number of sulfone groups is 1. The second-order valence-electron chi connectivity index (χ2n) is 4.89. The number of carbonyl (C=O) groups excluding carboxylic acids is 1. The molecule has 1 aromatic rings. The van der Waals surface area contributed by atoms with Crippen molar-refractivity contribution < 1.29 is 13.2 Å². The topological polar surface area (TPSA) is 63.2 Å². The molecular weight excluding hydrogens is 286 g/mol. The standard InChI is InChI=1S/C13H16ClNO3S/c14-11-4-1-5-12(8-11)15-13(16)7-10-3-2-6-19(17,18)9-10/h1,4-5,8,10H,2-3,6-7,9H2,(H,15,16). The van der Waals surface area contributed by atoms with Crippen molar-refractivity contribution in [1.82, 2.24) is 0 Å². The molecule has 1 heterocycles. The van der Waals surface area contributed by atoms with Crippen molar-refractivity contribution in [3.8, 4) is 0 Å². The number of hydrogen-bond acceptors (Lipinski definition) is 3. The molecule has 1 saturated heterocycles. The first-order chi connectivity index (χ1) is 8.94. The lowest BCUT2D eigenvalue weighted by Gasteiger charge is -2.21. The summed E-state index contributed by atoms with van der Waals surface area (Å²) >= 11 is 5.83. The van der Waals surface area contributed by atoms with E-state index in [1.807, 2.05) is 0 Å². The molecule has 6 heteroatoms. The lowest BCUT2D eigenvalue weighted by atomic mass is 10.0. The Bertz CT molecular complexity index is 571. The van der Waals surface area contributed by atoms with Crippen LogP contribution in [0.5, 0.6) is 0 Å². The molecule has 104 valence electrons. The molecule has 1 fully saturated rings. The molecule has 1 unspecified atom stereocenters. The first-order valence-corrected chi connectivity index (χ1v) is 8.40. The molecule has 0 aliphatic carbocycles. The zero-order valence-corrected chi connectivity index (χ0v) is 12.0. The summed E-state index contributed by atoms with van der Waals surface area (Å²) in [5, 5.41) is 3.29. The molecule has 19 heavy (non-hydrogen) atoms. The van der Waals surface area contributed by atoms with Crippen LogP contribution < -0.4 is 5.32 Å². The summed E-state index contributed by atoms with van der Waals surface area (Å²) in [6.45, 7) is 0. The monoisotopic (exact) mass is 301 g/mol. The van der Waals surface area contributed by atoms with Crippen LogP contribution in [0.25, 0.3) is 0 Å². The third-order valence-corrected chi connectivity index (χ3v) is 5.26. The molecule has 1 aliphatic heterocycles. The molecule has 2 rings (SSSR count). The Balaban J connectivity index is 1.91. The van der Waals surface area contributed by atoms with Gasteiger partial charge in [-0.25, -0.2) is 8.42 Å². The second-order valence-corrected chi connectivity index (χ2v) is 7.55. The number of carbonyl (C=O) groups is 1. The Hall–Kier alpha value is -1.07. The van der Waals surface area contributed by atoms with Crippen molar-refractivity contribution in [3.05, 3.63) is 29.3 Å². The highest BCUT2D eigenvalue weighted by atomic mass is 35.5.